The zero-order valence-corrected chi connectivity index (χ0v) is 23.4. The summed E-state index contributed by atoms with van der Waals surface area (Å²) in [5.41, 5.74) is 2.20. The van der Waals surface area contributed by atoms with Crippen molar-refractivity contribution in [1.82, 2.24) is 15.1 Å². The van der Waals surface area contributed by atoms with Crippen LogP contribution in [0, 0.1) is 11.3 Å². The van der Waals surface area contributed by atoms with E-state index in [1.54, 1.807) is 0 Å². The molecule has 3 aliphatic rings. The summed E-state index contributed by atoms with van der Waals surface area (Å²) in [7, 11) is 0. The number of amides is 2. The SMILES string of the molecule is O=C(NC(CCN1CCC2(CC1)CCN(Cc1ccc(Br)cc1)C2=O)c1ccccc1)C1CCCCC1. The van der Waals surface area contributed by atoms with E-state index in [1.807, 2.05) is 18.2 Å². The highest BCUT2D eigenvalue weighted by atomic mass is 79.9. The van der Waals surface area contributed by atoms with Crippen LogP contribution in [0.3, 0.4) is 0 Å². The first-order chi connectivity index (χ1) is 18.0. The number of nitrogens with one attached hydrogen (secondary N) is 1. The predicted molar refractivity (Wildman–Crippen MR) is 151 cm³/mol. The standard InChI is InChI=1S/C31H40BrN3O2/c32-27-13-11-24(12-14-27)23-35-22-18-31(30(35)37)16-20-34(21-17-31)19-15-28(25-7-3-1-4-8-25)33-29(36)26-9-5-2-6-10-26/h1,3-4,7-8,11-14,26,28H,2,5-6,9-10,15-23H2,(H,33,36). The van der Waals surface area contributed by atoms with Gasteiger partial charge in [-0.3, -0.25) is 9.59 Å². The summed E-state index contributed by atoms with van der Waals surface area (Å²) in [6.45, 7) is 4.42. The molecule has 1 aliphatic carbocycles. The zero-order chi connectivity index (χ0) is 25.7. The van der Waals surface area contributed by atoms with Crippen molar-refractivity contribution in [2.24, 2.45) is 11.3 Å². The number of hydrogen-bond acceptors (Lipinski definition) is 3. The Kier molecular flexibility index (Phi) is 8.66. The number of likely N-dealkylation sites (tertiary alicyclic amines) is 2. The lowest BCUT2D eigenvalue weighted by Crippen LogP contribution is -2.45. The molecule has 1 N–H and O–H groups in total. The highest BCUT2D eigenvalue weighted by Gasteiger charge is 2.47. The van der Waals surface area contributed by atoms with E-state index in [0.717, 1.165) is 69.2 Å². The normalized spacial score (nSPS) is 21.3. The first-order valence-electron chi connectivity index (χ1n) is 14.1. The molecule has 0 radical (unpaired) electrons. The first-order valence-corrected chi connectivity index (χ1v) is 14.9. The average Bonchev–Trinajstić information content (AvgIpc) is 3.23. The summed E-state index contributed by atoms with van der Waals surface area (Å²) in [5, 5.41) is 3.40. The van der Waals surface area contributed by atoms with Crippen LogP contribution in [-0.4, -0.2) is 47.8 Å². The molecule has 0 bridgehead atoms. The van der Waals surface area contributed by atoms with Crippen molar-refractivity contribution >= 4 is 27.7 Å². The van der Waals surface area contributed by atoms with Gasteiger partial charge in [0, 0.05) is 30.0 Å². The maximum atomic E-state index is 13.4. The minimum Gasteiger partial charge on any atom is -0.349 e. The Morgan fingerprint density at radius 1 is 0.946 bits per heavy atom. The second kappa shape index (κ2) is 12.1. The molecular formula is C31H40BrN3O2. The van der Waals surface area contributed by atoms with E-state index < -0.39 is 0 Å². The third kappa shape index (κ3) is 6.46. The Bertz CT molecular complexity index is 1040. The molecule has 2 amide bonds. The number of benzene rings is 2. The van der Waals surface area contributed by atoms with Gasteiger partial charge in [0.15, 0.2) is 0 Å². The summed E-state index contributed by atoms with van der Waals surface area (Å²) in [6, 6.07) is 18.8. The van der Waals surface area contributed by atoms with Crippen molar-refractivity contribution in [3.05, 3.63) is 70.2 Å². The minimum absolute atomic E-state index is 0.0426. The van der Waals surface area contributed by atoms with E-state index in [9.17, 15) is 9.59 Å². The molecule has 1 atom stereocenters. The molecular weight excluding hydrogens is 526 g/mol. The maximum absolute atomic E-state index is 13.4. The number of halogens is 1. The van der Waals surface area contributed by atoms with Crippen molar-refractivity contribution in [1.29, 1.82) is 0 Å². The van der Waals surface area contributed by atoms with Crippen LogP contribution in [0.5, 0.6) is 0 Å². The van der Waals surface area contributed by atoms with Crippen LogP contribution in [0.2, 0.25) is 0 Å². The molecule has 1 unspecified atom stereocenters. The molecule has 3 fully saturated rings. The Balaban J connectivity index is 1.14. The number of nitrogens with zero attached hydrogens (tertiary/aromatic N) is 2. The monoisotopic (exact) mass is 565 g/mol. The molecule has 2 heterocycles. The highest BCUT2D eigenvalue weighted by molar-refractivity contribution is 9.10. The minimum atomic E-state index is -0.181. The second-order valence-electron chi connectivity index (χ2n) is 11.3. The quantitative estimate of drug-likeness (QED) is 0.421. The smallest absolute Gasteiger partial charge is 0.229 e. The van der Waals surface area contributed by atoms with Gasteiger partial charge in [-0.25, -0.2) is 0 Å². The van der Waals surface area contributed by atoms with Gasteiger partial charge in [-0.05, 0) is 74.9 Å². The lowest BCUT2D eigenvalue weighted by Gasteiger charge is -2.38. The topological polar surface area (TPSA) is 52.7 Å². The van der Waals surface area contributed by atoms with E-state index >= 15 is 0 Å². The summed E-state index contributed by atoms with van der Waals surface area (Å²) >= 11 is 3.49. The van der Waals surface area contributed by atoms with Gasteiger partial charge in [0.05, 0.1) is 11.5 Å². The van der Waals surface area contributed by atoms with Crippen LogP contribution in [0.4, 0.5) is 0 Å². The van der Waals surface area contributed by atoms with Crippen molar-refractivity contribution in [3.8, 4) is 0 Å². The molecule has 37 heavy (non-hydrogen) atoms. The van der Waals surface area contributed by atoms with Crippen LogP contribution >= 0.6 is 15.9 Å². The Labute approximate surface area is 230 Å². The fourth-order valence-electron chi connectivity index (χ4n) is 6.50. The summed E-state index contributed by atoms with van der Waals surface area (Å²) in [4.78, 5) is 31.0. The molecule has 5 rings (SSSR count). The lowest BCUT2D eigenvalue weighted by atomic mass is 9.77. The summed E-state index contributed by atoms with van der Waals surface area (Å²) < 4.78 is 1.07. The predicted octanol–water partition coefficient (Wildman–Crippen LogP) is 6.09. The third-order valence-corrected chi connectivity index (χ3v) is 9.46. The molecule has 2 aromatic rings. The fourth-order valence-corrected chi connectivity index (χ4v) is 6.76. The Morgan fingerprint density at radius 2 is 1.62 bits per heavy atom. The van der Waals surface area contributed by atoms with E-state index in [4.69, 9.17) is 0 Å². The largest absolute Gasteiger partial charge is 0.349 e. The van der Waals surface area contributed by atoms with Gasteiger partial charge in [0.2, 0.25) is 11.8 Å². The van der Waals surface area contributed by atoms with Crippen molar-refractivity contribution in [2.75, 3.05) is 26.2 Å². The molecule has 1 spiro atoms. The lowest BCUT2D eigenvalue weighted by molar-refractivity contribution is -0.139. The average molecular weight is 567 g/mol. The molecule has 2 saturated heterocycles. The number of piperidine rings is 1. The Hall–Kier alpha value is -2.18. The molecule has 5 nitrogen and oxygen atoms in total. The number of carbonyl (C=O) groups excluding carboxylic acids is 2. The first kappa shape index (κ1) is 26.4. The Morgan fingerprint density at radius 3 is 2.32 bits per heavy atom. The summed E-state index contributed by atoms with van der Waals surface area (Å²) in [6.07, 6.45) is 9.39. The van der Waals surface area contributed by atoms with E-state index in [2.05, 4.69) is 67.4 Å². The molecule has 198 valence electrons. The van der Waals surface area contributed by atoms with Gasteiger partial charge in [-0.15, -0.1) is 0 Å². The van der Waals surface area contributed by atoms with E-state index in [1.165, 1.54) is 30.4 Å². The van der Waals surface area contributed by atoms with Crippen LogP contribution in [-0.2, 0) is 16.1 Å². The van der Waals surface area contributed by atoms with Crippen molar-refractivity contribution < 1.29 is 9.59 Å². The van der Waals surface area contributed by atoms with E-state index in [0.29, 0.717) is 12.5 Å². The van der Waals surface area contributed by atoms with Crippen molar-refractivity contribution in [2.45, 2.75) is 70.4 Å². The number of hydrogen-bond donors (Lipinski definition) is 1. The van der Waals surface area contributed by atoms with E-state index in [-0.39, 0.29) is 23.3 Å². The van der Waals surface area contributed by atoms with Gasteiger partial charge < -0.3 is 15.1 Å². The van der Waals surface area contributed by atoms with Gasteiger partial charge in [0.1, 0.15) is 0 Å². The van der Waals surface area contributed by atoms with Gasteiger partial charge in [-0.2, -0.15) is 0 Å². The van der Waals surface area contributed by atoms with Crippen LogP contribution in [0.25, 0.3) is 0 Å². The second-order valence-corrected chi connectivity index (χ2v) is 12.2. The molecule has 2 aliphatic heterocycles. The number of rotatable bonds is 8. The summed E-state index contributed by atoms with van der Waals surface area (Å²) in [5.74, 6) is 0.745. The highest BCUT2D eigenvalue weighted by Crippen LogP contribution is 2.42. The van der Waals surface area contributed by atoms with Gasteiger partial charge in [-0.1, -0.05) is 77.7 Å². The maximum Gasteiger partial charge on any atom is 0.229 e. The zero-order valence-electron chi connectivity index (χ0n) is 21.8. The van der Waals surface area contributed by atoms with Crippen LogP contribution < -0.4 is 5.32 Å². The molecule has 1 saturated carbocycles. The van der Waals surface area contributed by atoms with Crippen LogP contribution in [0.15, 0.2) is 59.1 Å². The molecule has 0 aromatic heterocycles. The fraction of sp³-hybridized carbons (Fsp3) is 0.548. The number of carbonyl (C=O) groups is 2. The molecule has 2 aromatic carbocycles. The third-order valence-electron chi connectivity index (χ3n) is 8.93. The van der Waals surface area contributed by atoms with Crippen molar-refractivity contribution in [3.63, 3.8) is 0 Å². The molecule has 6 heteroatoms. The van der Waals surface area contributed by atoms with Gasteiger partial charge >= 0.3 is 0 Å². The van der Waals surface area contributed by atoms with Gasteiger partial charge in [0.25, 0.3) is 0 Å². The van der Waals surface area contributed by atoms with Crippen LogP contribution in [0.1, 0.15) is 75.0 Å².